The SMILES string of the molecule is CC(C)(C)[Si](C)(C)OC=CCOC(=O)Cc1ccccc1. The van der Waals surface area contributed by atoms with Gasteiger partial charge in [0.1, 0.15) is 6.61 Å². The van der Waals surface area contributed by atoms with E-state index in [1.54, 1.807) is 12.3 Å². The molecular formula is C17H26O3Si. The van der Waals surface area contributed by atoms with Crippen LogP contribution >= 0.6 is 0 Å². The smallest absolute Gasteiger partial charge is 0.310 e. The van der Waals surface area contributed by atoms with Gasteiger partial charge in [-0.2, -0.15) is 0 Å². The number of carbonyl (C=O) groups is 1. The Labute approximate surface area is 129 Å². The third-order valence-electron chi connectivity index (χ3n) is 3.80. The second-order valence-corrected chi connectivity index (χ2v) is 11.4. The topological polar surface area (TPSA) is 35.5 Å². The minimum Gasteiger partial charge on any atom is -0.549 e. The summed E-state index contributed by atoms with van der Waals surface area (Å²) in [5.41, 5.74) is 0.962. The molecule has 0 aliphatic rings. The van der Waals surface area contributed by atoms with Crippen LogP contribution in [0, 0.1) is 0 Å². The maximum Gasteiger partial charge on any atom is 0.310 e. The number of carbonyl (C=O) groups excluding carboxylic acids is 1. The van der Waals surface area contributed by atoms with Crippen molar-refractivity contribution in [1.29, 1.82) is 0 Å². The Morgan fingerprint density at radius 2 is 1.81 bits per heavy atom. The first-order chi connectivity index (χ1) is 9.72. The summed E-state index contributed by atoms with van der Waals surface area (Å²) in [5.74, 6) is -0.224. The molecule has 3 nitrogen and oxygen atoms in total. The number of benzene rings is 1. The summed E-state index contributed by atoms with van der Waals surface area (Å²) in [7, 11) is -1.77. The molecule has 0 saturated carbocycles. The van der Waals surface area contributed by atoms with E-state index in [9.17, 15) is 4.79 Å². The van der Waals surface area contributed by atoms with Crippen molar-refractivity contribution in [3.8, 4) is 0 Å². The van der Waals surface area contributed by atoms with Crippen molar-refractivity contribution >= 4 is 14.3 Å². The molecule has 1 rings (SSSR count). The van der Waals surface area contributed by atoms with Crippen LogP contribution in [0.25, 0.3) is 0 Å². The van der Waals surface area contributed by atoms with E-state index in [2.05, 4.69) is 33.9 Å². The molecule has 0 fully saturated rings. The second-order valence-electron chi connectivity index (χ2n) is 6.60. The van der Waals surface area contributed by atoms with Gasteiger partial charge >= 0.3 is 5.97 Å². The Morgan fingerprint density at radius 3 is 2.38 bits per heavy atom. The lowest BCUT2D eigenvalue weighted by Crippen LogP contribution is -2.39. The van der Waals surface area contributed by atoms with Gasteiger partial charge in [0.15, 0.2) is 0 Å². The predicted octanol–water partition coefficient (Wildman–Crippen LogP) is 4.31. The van der Waals surface area contributed by atoms with Crippen LogP contribution < -0.4 is 0 Å². The molecule has 4 heteroatoms. The monoisotopic (exact) mass is 306 g/mol. The fraction of sp³-hybridized carbons (Fsp3) is 0.471. The maximum absolute atomic E-state index is 11.6. The number of hydrogen-bond donors (Lipinski definition) is 0. The van der Waals surface area contributed by atoms with E-state index in [4.69, 9.17) is 9.16 Å². The lowest BCUT2D eigenvalue weighted by atomic mass is 10.2. The summed E-state index contributed by atoms with van der Waals surface area (Å²) in [6.07, 6.45) is 3.73. The maximum atomic E-state index is 11.6. The largest absolute Gasteiger partial charge is 0.549 e. The Balaban J connectivity index is 2.30. The lowest BCUT2D eigenvalue weighted by Gasteiger charge is -2.34. The van der Waals surface area contributed by atoms with Crippen molar-refractivity contribution in [3.05, 3.63) is 48.2 Å². The van der Waals surface area contributed by atoms with Crippen molar-refractivity contribution in [3.63, 3.8) is 0 Å². The van der Waals surface area contributed by atoms with E-state index >= 15 is 0 Å². The third kappa shape index (κ3) is 6.17. The zero-order chi connectivity index (χ0) is 15.9. The first-order valence-corrected chi connectivity index (χ1v) is 10.2. The highest BCUT2D eigenvalue weighted by molar-refractivity contribution is 6.74. The van der Waals surface area contributed by atoms with Gasteiger partial charge in [-0.15, -0.1) is 0 Å². The molecule has 0 radical (unpaired) electrons. The minimum absolute atomic E-state index is 0.168. The van der Waals surface area contributed by atoms with Crippen LogP contribution in [0.2, 0.25) is 18.1 Å². The summed E-state index contributed by atoms with van der Waals surface area (Å²) in [6, 6.07) is 9.58. The van der Waals surface area contributed by atoms with Gasteiger partial charge in [-0.05, 0) is 29.8 Å². The predicted molar refractivity (Wildman–Crippen MR) is 88.5 cm³/mol. The molecule has 0 aliphatic carbocycles. The van der Waals surface area contributed by atoms with E-state index in [-0.39, 0.29) is 17.6 Å². The van der Waals surface area contributed by atoms with E-state index in [0.29, 0.717) is 6.42 Å². The fourth-order valence-corrected chi connectivity index (χ4v) is 2.18. The zero-order valence-electron chi connectivity index (χ0n) is 13.7. The molecule has 0 amide bonds. The summed E-state index contributed by atoms with van der Waals surface area (Å²) >= 11 is 0. The van der Waals surface area contributed by atoms with Crippen molar-refractivity contribution in [2.75, 3.05) is 6.61 Å². The molecular weight excluding hydrogens is 280 g/mol. The highest BCUT2D eigenvalue weighted by Crippen LogP contribution is 2.36. The van der Waals surface area contributed by atoms with E-state index in [0.717, 1.165) is 5.56 Å². The quantitative estimate of drug-likeness (QED) is 0.446. The van der Waals surface area contributed by atoms with E-state index in [1.807, 2.05) is 30.3 Å². The van der Waals surface area contributed by atoms with Crippen LogP contribution in [0.5, 0.6) is 0 Å². The standard InChI is InChI=1S/C17H26O3Si/c1-17(2,3)21(4,5)20-13-9-12-19-16(18)14-15-10-7-6-8-11-15/h6-11,13H,12,14H2,1-5H3. The molecule has 116 valence electrons. The number of ether oxygens (including phenoxy) is 1. The number of esters is 1. The van der Waals surface area contributed by atoms with Gasteiger partial charge in [-0.3, -0.25) is 4.79 Å². The molecule has 0 unspecified atom stereocenters. The van der Waals surface area contributed by atoms with Crippen LogP contribution in [0.15, 0.2) is 42.7 Å². The number of hydrogen-bond acceptors (Lipinski definition) is 3. The highest BCUT2D eigenvalue weighted by Gasteiger charge is 2.37. The van der Waals surface area contributed by atoms with Gasteiger partial charge in [-0.25, -0.2) is 0 Å². The van der Waals surface area contributed by atoms with Gasteiger partial charge in [0.25, 0.3) is 0 Å². The molecule has 0 aromatic heterocycles. The fourth-order valence-electron chi connectivity index (χ4n) is 1.39. The van der Waals surface area contributed by atoms with E-state index in [1.165, 1.54) is 0 Å². The van der Waals surface area contributed by atoms with Crippen LogP contribution in [0.4, 0.5) is 0 Å². The zero-order valence-corrected chi connectivity index (χ0v) is 14.7. The average molecular weight is 306 g/mol. The molecule has 0 spiro atoms. The second kappa shape index (κ2) is 7.45. The van der Waals surface area contributed by atoms with Gasteiger partial charge in [0.2, 0.25) is 8.32 Å². The first-order valence-electron chi connectivity index (χ1n) is 7.25. The number of rotatable bonds is 6. The molecule has 0 bridgehead atoms. The van der Waals surface area contributed by atoms with Crippen LogP contribution in [-0.2, 0) is 20.4 Å². The molecule has 0 N–H and O–H groups in total. The Kier molecular flexibility index (Phi) is 6.21. The molecule has 0 aliphatic heterocycles. The minimum atomic E-state index is -1.77. The van der Waals surface area contributed by atoms with Crippen molar-refractivity contribution < 1.29 is 14.0 Å². The van der Waals surface area contributed by atoms with Crippen LogP contribution in [0.3, 0.4) is 0 Å². The highest BCUT2D eigenvalue weighted by atomic mass is 28.4. The van der Waals surface area contributed by atoms with Gasteiger partial charge in [-0.1, -0.05) is 51.1 Å². The van der Waals surface area contributed by atoms with Gasteiger partial charge < -0.3 is 9.16 Å². The Bertz CT molecular complexity index is 473. The summed E-state index contributed by atoms with van der Waals surface area (Å²) in [6.45, 7) is 11.2. The van der Waals surface area contributed by atoms with Gasteiger partial charge in [0.05, 0.1) is 12.7 Å². The molecule has 1 aromatic rings. The van der Waals surface area contributed by atoms with Crippen molar-refractivity contribution in [2.24, 2.45) is 0 Å². The summed E-state index contributed by atoms with van der Waals surface area (Å²) < 4.78 is 11.0. The van der Waals surface area contributed by atoms with E-state index < -0.39 is 8.32 Å². The average Bonchev–Trinajstić information content (AvgIpc) is 2.38. The van der Waals surface area contributed by atoms with Crippen molar-refractivity contribution in [2.45, 2.75) is 45.3 Å². The molecule has 21 heavy (non-hydrogen) atoms. The normalized spacial score (nSPS) is 12.4. The molecule has 1 aromatic carbocycles. The first kappa shape index (κ1) is 17.5. The molecule has 0 saturated heterocycles. The lowest BCUT2D eigenvalue weighted by molar-refractivity contribution is -0.141. The van der Waals surface area contributed by atoms with Crippen LogP contribution in [-0.4, -0.2) is 20.9 Å². The summed E-state index contributed by atoms with van der Waals surface area (Å²) in [4.78, 5) is 11.6. The Morgan fingerprint density at radius 1 is 1.19 bits per heavy atom. The van der Waals surface area contributed by atoms with Gasteiger partial charge in [0, 0.05) is 0 Å². The molecule has 0 atom stereocenters. The molecule has 0 heterocycles. The Hall–Kier alpha value is -1.55. The third-order valence-corrected chi connectivity index (χ3v) is 8.13. The van der Waals surface area contributed by atoms with Crippen molar-refractivity contribution in [1.82, 2.24) is 0 Å². The summed E-state index contributed by atoms with van der Waals surface area (Å²) in [5, 5.41) is 0.168. The van der Waals surface area contributed by atoms with Crippen LogP contribution in [0.1, 0.15) is 26.3 Å².